The molecule has 2 atom stereocenters. The summed E-state index contributed by atoms with van der Waals surface area (Å²) in [5.74, 6) is -0.213. The number of carbonyl (C=O) groups is 1. The summed E-state index contributed by atoms with van der Waals surface area (Å²) in [4.78, 5) is 14.5. The molecule has 3 nitrogen and oxygen atoms in total. The highest BCUT2D eigenvalue weighted by molar-refractivity contribution is 6.36. The fourth-order valence-electron chi connectivity index (χ4n) is 3.62. The number of halogens is 5. The van der Waals surface area contributed by atoms with Crippen LogP contribution in [0.1, 0.15) is 41.3 Å². The molecule has 1 aliphatic rings. The lowest BCUT2D eigenvalue weighted by Gasteiger charge is -2.37. The van der Waals surface area contributed by atoms with Gasteiger partial charge in [-0.15, -0.1) is 0 Å². The first-order valence-corrected chi connectivity index (χ1v) is 9.45. The maximum Gasteiger partial charge on any atom is 0.418 e. The number of hydrogen-bond donors (Lipinski definition) is 1. The van der Waals surface area contributed by atoms with Crippen molar-refractivity contribution in [3.63, 3.8) is 0 Å². The SMILES string of the molecule is C[C@H]1c2cccc([C@H](O)C(F)(F)F)c2CCN1C(=O)Cc1c(Cl)cccc1Cl. The third-order valence-electron chi connectivity index (χ3n) is 5.08. The third-order valence-corrected chi connectivity index (χ3v) is 5.79. The van der Waals surface area contributed by atoms with E-state index in [2.05, 4.69) is 0 Å². The van der Waals surface area contributed by atoms with E-state index in [0.717, 1.165) is 0 Å². The summed E-state index contributed by atoms with van der Waals surface area (Å²) in [5, 5.41) is 10.5. The summed E-state index contributed by atoms with van der Waals surface area (Å²) in [5.41, 5.74) is 1.42. The molecule has 0 bridgehead atoms. The molecule has 1 amide bonds. The topological polar surface area (TPSA) is 40.5 Å². The molecule has 0 saturated heterocycles. The second-order valence-electron chi connectivity index (χ2n) is 6.75. The number of aliphatic hydroxyl groups is 1. The Morgan fingerprint density at radius 1 is 1.21 bits per heavy atom. The van der Waals surface area contributed by atoms with Gasteiger partial charge >= 0.3 is 6.18 Å². The number of amides is 1. The average Bonchev–Trinajstić information content (AvgIpc) is 2.63. The smallest absolute Gasteiger partial charge is 0.379 e. The van der Waals surface area contributed by atoms with Crippen LogP contribution in [-0.2, 0) is 17.6 Å². The van der Waals surface area contributed by atoms with Gasteiger partial charge in [-0.05, 0) is 47.7 Å². The Hall–Kier alpha value is -1.76. The van der Waals surface area contributed by atoms with Gasteiger partial charge in [-0.3, -0.25) is 4.79 Å². The lowest BCUT2D eigenvalue weighted by molar-refractivity contribution is -0.207. The van der Waals surface area contributed by atoms with Crippen molar-refractivity contribution >= 4 is 29.1 Å². The molecule has 150 valence electrons. The molecule has 2 aromatic carbocycles. The average molecular weight is 432 g/mol. The van der Waals surface area contributed by atoms with Crippen LogP contribution in [0.4, 0.5) is 13.2 Å². The number of hydrogen-bond acceptors (Lipinski definition) is 2. The Kier molecular flexibility index (Phi) is 5.94. The monoisotopic (exact) mass is 431 g/mol. The minimum absolute atomic E-state index is 0.00302. The van der Waals surface area contributed by atoms with E-state index >= 15 is 0 Å². The van der Waals surface area contributed by atoms with Crippen molar-refractivity contribution in [2.24, 2.45) is 0 Å². The normalized spacial score (nSPS) is 18.0. The molecule has 8 heteroatoms. The highest BCUT2D eigenvalue weighted by atomic mass is 35.5. The Labute approximate surface area is 170 Å². The van der Waals surface area contributed by atoms with Crippen LogP contribution in [0.2, 0.25) is 10.0 Å². The lowest BCUT2D eigenvalue weighted by Crippen LogP contribution is -2.40. The Morgan fingerprint density at radius 2 is 1.82 bits per heavy atom. The molecule has 0 aliphatic carbocycles. The van der Waals surface area contributed by atoms with Gasteiger partial charge in [0.15, 0.2) is 6.10 Å². The van der Waals surface area contributed by atoms with E-state index in [-0.39, 0.29) is 30.9 Å². The van der Waals surface area contributed by atoms with Gasteiger partial charge in [0.2, 0.25) is 5.91 Å². The van der Waals surface area contributed by atoms with Gasteiger partial charge in [0.05, 0.1) is 12.5 Å². The second-order valence-corrected chi connectivity index (χ2v) is 7.56. The summed E-state index contributed by atoms with van der Waals surface area (Å²) in [6.07, 6.45) is -7.06. The van der Waals surface area contributed by atoms with Gasteiger partial charge in [0.1, 0.15) is 0 Å². The molecule has 2 aromatic rings. The van der Waals surface area contributed by atoms with E-state index in [1.54, 1.807) is 36.1 Å². The molecule has 0 fully saturated rings. The fourth-order valence-corrected chi connectivity index (χ4v) is 4.16. The lowest BCUT2D eigenvalue weighted by atomic mass is 9.87. The van der Waals surface area contributed by atoms with Crippen molar-refractivity contribution in [3.05, 3.63) is 68.7 Å². The first-order chi connectivity index (χ1) is 13.1. The molecule has 1 aliphatic heterocycles. The van der Waals surface area contributed by atoms with E-state index in [9.17, 15) is 23.1 Å². The highest BCUT2D eigenvalue weighted by Gasteiger charge is 2.42. The van der Waals surface area contributed by atoms with Crippen molar-refractivity contribution in [2.75, 3.05) is 6.54 Å². The largest absolute Gasteiger partial charge is 0.418 e. The molecule has 0 unspecified atom stereocenters. The van der Waals surface area contributed by atoms with E-state index in [4.69, 9.17) is 23.2 Å². The van der Waals surface area contributed by atoms with Gasteiger partial charge < -0.3 is 10.0 Å². The quantitative estimate of drug-likeness (QED) is 0.718. The zero-order chi connectivity index (χ0) is 20.6. The first-order valence-electron chi connectivity index (χ1n) is 8.70. The van der Waals surface area contributed by atoms with Gasteiger partial charge in [-0.25, -0.2) is 0 Å². The van der Waals surface area contributed by atoms with Crippen molar-refractivity contribution in [1.82, 2.24) is 4.90 Å². The van der Waals surface area contributed by atoms with Gasteiger partial charge in [-0.2, -0.15) is 13.2 Å². The van der Waals surface area contributed by atoms with Crippen LogP contribution in [0.15, 0.2) is 36.4 Å². The summed E-state index contributed by atoms with van der Waals surface area (Å²) >= 11 is 12.3. The van der Waals surface area contributed by atoms with Crippen LogP contribution < -0.4 is 0 Å². The predicted octanol–water partition coefficient (Wildman–Crippen LogP) is 5.28. The zero-order valence-corrected chi connectivity index (χ0v) is 16.4. The highest BCUT2D eigenvalue weighted by Crippen LogP contribution is 2.39. The summed E-state index contributed by atoms with van der Waals surface area (Å²) in [7, 11) is 0. The van der Waals surface area contributed by atoms with E-state index < -0.39 is 18.3 Å². The molecule has 0 saturated carbocycles. The number of alkyl halides is 3. The minimum Gasteiger partial charge on any atom is -0.379 e. The van der Waals surface area contributed by atoms with Gasteiger partial charge in [0, 0.05) is 16.6 Å². The number of carbonyl (C=O) groups excluding carboxylic acids is 1. The van der Waals surface area contributed by atoms with Crippen molar-refractivity contribution in [3.8, 4) is 0 Å². The van der Waals surface area contributed by atoms with E-state index in [1.165, 1.54) is 12.1 Å². The number of nitrogens with zero attached hydrogens (tertiary/aromatic N) is 1. The predicted molar refractivity (Wildman–Crippen MR) is 101 cm³/mol. The molecule has 28 heavy (non-hydrogen) atoms. The number of fused-ring (bicyclic) bond motifs is 1. The van der Waals surface area contributed by atoms with Crippen LogP contribution in [0.3, 0.4) is 0 Å². The molecular formula is C20H18Cl2F3NO2. The van der Waals surface area contributed by atoms with Gasteiger partial charge in [-0.1, -0.05) is 47.5 Å². The maximum atomic E-state index is 13.0. The zero-order valence-electron chi connectivity index (χ0n) is 14.9. The third kappa shape index (κ3) is 4.00. The fraction of sp³-hybridized carbons (Fsp3) is 0.350. The summed E-state index contributed by atoms with van der Waals surface area (Å²) in [6, 6.07) is 8.99. The molecule has 0 spiro atoms. The summed E-state index contributed by atoms with van der Waals surface area (Å²) < 4.78 is 39.0. The Morgan fingerprint density at radius 3 is 2.43 bits per heavy atom. The number of benzene rings is 2. The van der Waals surface area contributed by atoms with Crippen LogP contribution in [-0.4, -0.2) is 28.6 Å². The van der Waals surface area contributed by atoms with Crippen LogP contribution in [0.25, 0.3) is 0 Å². The van der Waals surface area contributed by atoms with E-state index in [1.807, 2.05) is 0 Å². The second kappa shape index (κ2) is 7.93. The molecule has 1 N–H and O–H groups in total. The van der Waals surface area contributed by atoms with Crippen LogP contribution in [0, 0.1) is 0 Å². The van der Waals surface area contributed by atoms with Gasteiger partial charge in [0.25, 0.3) is 0 Å². The minimum atomic E-state index is -4.74. The van der Waals surface area contributed by atoms with Crippen LogP contribution >= 0.6 is 23.2 Å². The first kappa shape index (κ1) is 21.0. The molecule has 1 heterocycles. The molecule has 0 radical (unpaired) electrons. The number of aliphatic hydroxyl groups excluding tert-OH is 1. The molecule has 3 rings (SSSR count). The van der Waals surface area contributed by atoms with Crippen molar-refractivity contribution in [1.29, 1.82) is 0 Å². The Bertz CT molecular complexity index is 881. The number of rotatable bonds is 3. The van der Waals surface area contributed by atoms with E-state index in [0.29, 0.717) is 26.7 Å². The Balaban J connectivity index is 1.87. The summed E-state index contributed by atoms with van der Waals surface area (Å²) in [6.45, 7) is 2.00. The maximum absolute atomic E-state index is 13.0. The molecular weight excluding hydrogens is 414 g/mol. The van der Waals surface area contributed by atoms with Crippen molar-refractivity contribution < 1.29 is 23.1 Å². The van der Waals surface area contributed by atoms with Crippen molar-refractivity contribution in [2.45, 2.75) is 38.1 Å². The molecule has 0 aromatic heterocycles. The van der Waals surface area contributed by atoms with Crippen LogP contribution in [0.5, 0.6) is 0 Å². The standard InChI is InChI=1S/C20H18Cl2F3NO2/c1-11-12-4-2-5-14(19(28)20(23,24)25)13(12)8-9-26(11)18(27)10-15-16(21)6-3-7-17(15)22/h2-7,11,19,28H,8-10H2,1H3/t11-,19-/m0/s1.